The Morgan fingerprint density at radius 1 is 1.47 bits per heavy atom. The van der Waals surface area contributed by atoms with Gasteiger partial charge in [0, 0.05) is 23.4 Å². The van der Waals surface area contributed by atoms with E-state index in [-0.39, 0.29) is 0 Å². The third-order valence-corrected chi connectivity index (χ3v) is 3.18. The van der Waals surface area contributed by atoms with Crippen LogP contribution in [-0.2, 0) is 6.54 Å². The first kappa shape index (κ1) is 12.5. The molecule has 0 aliphatic heterocycles. The van der Waals surface area contributed by atoms with Gasteiger partial charge in [-0.3, -0.25) is 0 Å². The molecular formula is C12H13BrClN3. The molecule has 0 amide bonds. The van der Waals surface area contributed by atoms with Crippen LogP contribution in [-0.4, -0.2) is 9.55 Å². The molecule has 0 aliphatic rings. The number of nitrogens with zero attached hydrogens (tertiary/aromatic N) is 2. The predicted octanol–water partition coefficient (Wildman–Crippen LogP) is 4.45. The summed E-state index contributed by atoms with van der Waals surface area (Å²) in [6.07, 6.45) is 4.80. The summed E-state index contributed by atoms with van der Waals surface area (Å²) < 4.78 is 3.05. The van der Waals surface area contributed by atoms with Crippen LogP contribution in [0.4, 0.5) is 11.6 Å². The monoisotopic (exact) mass is 313 g/mol. The minimum Gasteiger partial charge on any atom is -0.324 e. The van der Waals surface area contributed by atoms with Gasteiger partial charge in [0.05, 0.1) is 10.7 Å². The van der Waals surface area contributed by atoms with Crippen LogP contribution >= 0.6 is 27.5 Å². The normalized spacial score (nSPS) is 10.5. The number of aryl methyl sites for hydroxylation is 1. The number of benzene rings is 1. The van der Waals surface area contributed by atoms with Gasteiger partial charge in [-0.2, -0.15) is 0 Å². The molecule has 5 heteroatoms. The van der Waals surface area contributed by atoms with Gasteiger partial charge in [-0.05, 0) is 24.6 Å². The summed E-state index contributed by atoms with van der Waals surface area (Å²) in [6.45, 7) is 3.07. The summed E-state index contributed by atoms with van der Waals surface area (Å²) in [4.78, 5) is 4.28. The Bertz CT molecular complexity index is 510. The molecule has 0 aliphatic carbocycles. The van der Waals surface area contributed by atoms with Gasteiger partial charge in [0.15, 0.2) is 0 Å². The van der Waals surface area contributed by atoms with Gasteiger partial charge in [0.2, 0.25) is 5.95 Å². The standard InChI is InChI=1S/C12H13BrClN3/c1-2-6-17-7-5-15-12(17)16-11-8-9(13)3-4-10(11)14/h3-5,7-8H,2,6H2,1H3,(H,15,16). The molecule has 0 spiro atoms. The highest BCUT2D eigenvalue weighted by atomic mass is 79.9. The minimum atomic E-state index is 0.680. The van der Waals surface area contributed by atoms with Crippen LogP contribution < -0.4 is 5.32 Å². The van der Waals surface area contributed by atoms with Crippen molar-refractivity contribution in [2.24, 2.45) is 0 Å². The molecule has 0 saturated carbocycles. The molecule has 0 saturated heterocycles. The fourth-order valence-electron chi connectivity index (χ4n) is 1.57. The van der Waals surface area contributed by atoms with Crippen molar-refractivity contribution < 1.29 is 0 Å². The zero-order valence-corrected chi connectivity index (χ0v) is 11.8. The molecule has 17 heavy (non-hydrogen) atoms. The molecule has 0 atom stereocenters. The van der Waals surface area contributed by atoms with Crippen LogP contribution in [0.5, 0.6) is 0 Å². The van der Waals surface area contributed by atoms with Gasteiger partial charge < -0.3 is 9.88 Å². The van der Waals surface area contributed by atoms with E-state index >= 15 is 0 Å². The van der Waals surface area contributed by atoms with E-state index in [4.69, 9.17) is 11.6 Å². The van der Waals surface area contributed by atoms with E-state index in [1.165, 1.54) is 0 Å². The topological polar surface area (TPSA) is 29.9 Å². The third kappa shape index (κ3) is 3.01. The molecule has 3 nitrogen and oxygen atoms in total. The molecule has 1 N–H and O–H groups in total. The summed E-state index contributed by atoms with van der Waals surface area (Å²) in [7, 11) is 0. The SMILES string of the molecule is CCCn1ccnc1Nc1cc(Br)ccc1Cl. The maximum Gasteiger partial charge on any atom is 0.207 e. The Morgan fingerprint density at radius 3 is 3.06 bits per heavy atom. The van der Waals surface area contributed by atoms with Crippen molar-refractivity contribution in [2.75, 3.05) is 5.32 Å². The zero-order chi connectivity index (χ0) is 12.3. The van der Waals surface area contributed by atoms with Crippen LogP contribution in [0.25, 0.3) is 0 Å². The molecule has 0 radical (unpaired) electrons. The molecule has 1 aromatic carbocycles. The van der Waals surface area contributed by atoms with E-state index in [0.717, 1.165) is 29.1 Å². The lowest BCUT2D eigenvalue weighted by Gasteiger charge is -2.10. The van der Waals surface area contributed by atoms with E-state index in [0.29, 0.717) is 5.02 Å². The lowest BCUT2D eigenvalue weighted by Crippen LogP contribution is -2.03. The fourth-order valence-corrected chi connectivity index (χ4v) is 2.09. The van der Waals surface area contributed by atoms with E-state index < -0.39 is 0 Å². The number of hydrogen-bond acceptors (Lipinski definition) is 2. The number of imidazole rings is 1. The number of rotatable bonds is 4. The van der Waals surface area contributed by atoms with Crippen LogP contribution in [0, 0.1) is 0 Å². The van der Waals surface area contributed by atoms with Gasteiger partial charge in [-0.1, -0.05) is 34.5 Å². The highest BCUT2D eigenvalue weighted by Crippen LogP contribution is 2.28. The van der Waals surface area contributed by atoms with E-state index in [2.05, 4.69) is 37.7 Å². The van der Waals surface area contributed by atoms with Gasteiger partial charge in [-0.15, -0.1) is 0 Å². The Labute approximate surface area is 114 Å². The van der Waals surface area contributed by atoms with Crippen LogP contribution in [0.2, 0.25) is 5.02 Å². The summed E-state index contributed by atoms with van der Waals surface area (Å²) >= 11 is 9.55. The van der Waals surface area contributed by atoms with Crippen molar-refractivity contribution in [3.63, 3.8) is 0 Å². The first-order chi connectivity index (χ1) is 8.20. The van der Waals surface area contributed by atoms with Gasteiger partial charge in [-0.25, -0.2) is 4.98 Å². The predicted molar refractivity (Wildman–Crippen MR) is 75.0 cm³/mol. The van der Waals surface area contributed by atoms with Gasteiger partial charge in [0.1, 0.15) is 0 Å². The Kier molecular flexibility index (Phi) is 4.07. The lowest BCUT2D eigenvalue weighted by molar-refractivity contribution is 0.686. The van der Waals surface area contributed by atoms with Gasteiger partial charge >= 0.3 is 0 Å². The first-order valence-corrected chi connectivity index (χ1v) is 6.61. The Morgan fingerprint density at radius 2 is 2.29 bits per heavy atom. The van der Waals surface area contributed by atoms with E-state index in [1.54, 1.807) is 6.20 Å². The number of nitrogens with one attached hydrogen (secondary N) is 1. The lowest BCUT2D eigenvalue weighted by atomic mass is 10.3. The second-order valence-electron chi connectivity index (χ2n) is 3.69. The van der Waals surface area contributed by atoms with E-state index in [9.17, 15) is 0 Å². The molecule has 1 aromatic heterocycles. The number of halogens is 2. The van der Waals surface area contributed by atoms with Crippen LogP contribution in [0.1, 0.15) is 13.3 Å². The molecule has 1 heterocycles. The fraction of sp³-hybridized carbons (Fsp3) is 0.250. The first-order valence-electron chi connectivity index (χ1n) is 5.44. The van der Waals surface area contributed by atoms with Gasteiger partial charge in [0.25, 0.3) is 0 Å². The molecule has 0 unspecified atom stereocenters. The summed E-state index contributed by atoms with van der Waals surface area (Å²) in [5.41, 5.74) is 0.851. The Balaban J connectivity index is 2.25. The quantitative estimate of drug-likeness (QED) is 0.903. The highest BCUT2D eigenvalue weighted by molar-refractivity contribution is 9.10. The van der Waals surface area contributed by atoms with Crippen LogP contribution in [0.15, 0.2) is 35.1 Å². The average molecular weight is 315 g/mol. The summed E-state index contributed by atoms with van der Waals surface area (Å²) in [5, 5.41) is 3.92. The summed E-state index contributed by atoms with van der Waals surface area (Å²) in [6, 6.07) is 5.69. The zero-order valence-electron chi connectivity index (χ0n) is 9.45. The van der Waals surface area contributed by atoms with Crippen LogP contribution in [0.3, 0.4) is 0 Å². The Hall–Kier alpha value is -1.000. The van der Waals surface area contributed by atoms with Crippen molar-refractivity contribution >= 4 is 39.2 Å². The molecule has 2 aromatic rings. The number of hydrogen-bond donors (Lipinski definition) is 1. The molecule has 2 rings (SSSR count). The van der Waals surface area contributed by atoms with Crippen molar-refractivity contribution in [3.8, 4) is 0 Å². The molecule has 90 valence electrons. The largest absolute Gasteiger partial charge is 0.324 e. The third-order valence-electron chi connectivity index (χ3n) is 2.35. The van der Waals surface area contributed by atoms with Crippen molar-refractivity contribution in [2.45, 2.75) is 19.9 Å². The van der Waals surface area contributed by atoms with Crippen molar-refractivity contribution in [3.05, 3.63) is 40.1 Å². The molecular weight excluding hydrogens is 302 g/mol. The minimum absolute atomic E-state index is 0.680. The van der Waals surface area contributed by atoms with Crippen molar-refractivity contribution in [1.29, 1.82) is 0 Å². The maximum absolute atomic E-state index is 6.12. The maximum atomic E-state index is 6.12. The number of anilines is 2. The van der Waals surface area contributed by atoms with Crippen molar-refractivity contribution in [1.82, 2.24) is 9.55 Å². The smallest absolute Gasteiger partial charge is 0.207 e. The summed E-state index contributed by atoms with van der Waals surface area (Å²) in [5.74, 6) is 0.812. The second-order valence-corrected chi connectivity index (χ2v) is 5.02. The average Bonchev–Trinajstić information content (AvgIpc) is 2.72. The molecule has 0 bridgehead atoms. The van der Waals surface area contributed by atoms with E-state index in [1.807, 2.05) is 24.4 Å². The molecule has 0 fully saturated rings. The number of aromatic nitrogens is 2. The second kappa shape index (κ2) is 5.56. The highest BCUT2D eigenvalue weighted by Gasteiger charge is 2.05.